The fourth-order valence-electron chi connectivity index (χ4n) is 2.84. The number of hydrogen-bond acceptors (Lipinski definition) is 2. The first-order valence-electron chi connectivity index (χ1n) is 7.44. The van der Waals surface area contributed by atoms with Crippen LogP contribution in [0, 0.1) is 13.8 Å². The smallest absolute Gasteiger partial charge is 0.134 e. The maximum atomic E-state index is 6.56. The fourth-order valence-corrected chi connectivity index (χ4v) is 2.84. The van der Waals surface area contributed by atoms with E-state index < -0.39 is 0 Å². The molecule has 0 saturated carbocycles. The van der Waals surface area contributed by atoms with E-state index in [9.17, 15) is 0 Å². The molecular formula is C19H21NO. The van der Waals surface area contributed by atoms with Gasteiger partial charge in [0, 0.05) is 17.4 Å². The maximum absolute atomic E-state index is 6.56. The van der Waals surface area contributed by atoms with E-state index in [4.69, 9.17) is 10.2 Å². The van der Waals surface area contributed by atoms with Gasteiger partial charge >= 0.3 is 0 Å². The van der Waals surface area contributed by atoms with Gasteiger partial charge in [0.2, 0.25) is 0 Å². The van der Waals surface area contributed by atoms with Gasteiger partial charge in [-0.1, -0.05) is 43.3 Å². The van der Waals surface area contributed by atoms with Crippen molar-refractivity contribution < 1.29 is 4.42 Å². The van der Waals surface area contributed by atoms with Gasteiger partial charge in [-0.15, -0.1) is 0 Å². The molecule has 21 heavy (non-hydrogen) atoms. The van der Waals surface area contributed by atoms with Crippen molar-refractivity contribution >= 4 is 11.0 Å². The first-order valence-corrected chi connectivity index (χ1v) is 7.44. The predicted octanol–water partition coefficient (Wildman–Crippen LogP) is 4.66. The normalized spacial score (nSPS) is 12.8. The molecule has 1 aromatic heterocycles. The Bertz CT molecular complexity index is 785. The van der Waals surface area contributed by atoms with Crippen LogP contribution in [0.1, 0.15) is 41.0 Å². The van der Waals surface area contributed by atoms with E-state index in [1.165, 1.54) is 11.1 Å². The first-order chi connectivity index (χ1) is 10.1. The maximum Gasteiger partial charge on any atom is 0.134 e. The van der Waals surface area contributed by atoms with E-state index in [1.807, 2.05) is 18.2 Å². The Labute approximate surface area is 125 Å². The van der Waals surface area contributed by atoms with Crippen LogP contribution in [0.25, 0.3) is 11.0 Å². The molecule has 0 saturated heterocycles. The number of aryl methyl sites for hydroxylation is 3. The minimum absolute atomic E-state index is 0.150. The fraction of sp³-hybridized carbons (Fsp3) is 0.263. The van der Waals surface area contributed by atoms with Crippen molar-refractivity contribution in [1.82, 2.24) is 0 Å². The molecule has 1 heterocycles. The standard InChI is InChI=1S/C19H21NO/c1-4-16-18(15-7-5-6-8-17(15)21-16)19(20)14-10-9-12(2)13(3)11-14/h5-11,19H,4,20H2,1-3H3. The zero-order chi connectivity index (χ0) is 15.0. The number of rotatable bonds is 3. The number of nitrogens with two attached hydrogens (primary N) is 1. The van der Waals surface area contributed by atoms with Gasteiger partial charge in [-0.3, -0.25) is 0 Å². The first kappa shape index (κ1) is 13.9. The van der Waals surface area contributed by atoms with Crippen LogP contribution in [0.15, 0.2) is 46.9 Å². The molecule has 0 amide bonds. The number of furan rings is 1. The second-order valence-corrected chi connectivity index (χ2v) is 5.61. The molecule has 2 nitrogen and oxygen atoms in total. The molecule has 0 fully saturated rings. The van der Waals surface area contributed by atoms with Crippen molar-refractivity contribution in [1.29, 1.82) is 0 Å². The molecule has 0 bridgehead atoms. The lowest BCUT2D eigenvalue weighted by Gasteiger charge is -2.14. The molecule has 2 heteroatoms. The summed E-state index contributed by atoms with van der Waals surface area (Å²) in [5, 5.41) is 1.13. The van der Waals surface area contributed by atoms with Crippen molar-refractivity contribution in [2.45, 2.75) is 33.2 Å². The van der Waals surface area contributed by atoms with E-state index >= 15 is 0 Å². The third-order valence-electron chi connectivity index (χ3n) is 4.23. The molecule has 0 aliphatic heterocycles. The van der Waals surface area contributed by atoms with E-state index in [0.717, 1.165) is 34.3 Å². The third-order valence-corrected chi connectivity index (χ3v) is 4.23. The molecular weight excluding hydrogens is 258 g/mol. The van der Waals surface area contributed by atoms with Crippen LogP contribution in [0.2, 0.25) is 0 Å². The number of fused-ring (bicyclic) bond motifs is 1. The van der Waals surface area contributed by atoms with E-state index in [2.05, 4.69) is 45.0 Å². The lowest BCUT2D eigenvalue weighted by atomic mass is 9.94. The van der Waals surface area contributed by atoms with Gasteiger partial charge in [0.1, 0.15) is 11.3 Å². The molecule has 3 aromatic rings. The highest BCUT2D eigenvalue weighted by molar-refractivity contribution is 5.83. The molecule has 108 valence electrons. The van der Waals surface area contributed by atoms with Crippen LogP contribution in [0.5, 0.6) is 0 Å². The van der Waals surface area contributed by atoms with Crippen LogP contribution in [-0.2, 0) is 6.42 Å². The van der Waals surface area contributed by atoms with E-state index in [0.29, 0.717) is 0 Å². The summed E-state index contributed by atoms with van der Waals surface area (Å²) in [5.41, 5.74) is 12.3. The molecule has 0 aliphatic rings. The van der Waals surface area contributed by atoms with Crippen molar-refractivity contribution in [2.75, 3.05) is 0 Å². The van der Waals surface area contributed by atoms with Gasteiger partial charge in [0.15, 0.2) is 0 Å². The summed E-state index contributed by atoms with van der Waals surface area (Å²) in [6, 6.07) is 14.4. The van der Waals surface area contributed by atoms with Gasteiger partial charge < -0.3 is 10.2 Å². The lowest BCUT2D eigenvalue weighted by molar-refractivity contribution is 0.546. The Balaban J connectivity index is 2.16. The van der Waals surface area contributed by atoms with Gasteiger partial charge in [-0.05, 0) is 36.6 Å². The zero-order valence-corrected chi connectivity index (χ0v) is 12.8. The zero-order valence-electron chi connectivity index (χ0n) is 12.8. The third kappa shape index (κ3) is 2.36. The largest absolute Gasteiger partial charge is 0.461 e. The summed E-state index contributed by atoms with van der Waals surface area (Å²) in [4.78, 5) is 0. The highest BCUT2D eigenvalue weighted by Gasteiger charge is 2.20. The minimum Gasteiger partial charge on any atom is -0.461 e. The Morgan fingerprint density at radius 1 is 1.05 bits per heavy atom. The van der Waals surface area contributed by atoms with Crippen LogP contribution in [0.4, 0.5) is 0 Å². The highest BCUT2D eigenvalue weighted by Crippen LogP contribution is 2.33. The summed E-state index contributed by atoms with van der Waals surface area (Å²) in [6.07, 6.45) is 0.850. The van der Waals surface area contributed by atoms with Gasteiger partial charge in [-0.2, -0.15) is 0 Å². The second kappa shape index (κ2) is 5.38. The average molecular weight is 279 g/mol. The quantitative estimate of drug-likeness (QED) is 0.757. The topological polar surface area (TPSA) is 39.2 Å². The summed E-state index contributed by atoms with van der Waals surface area (Å²) in [7, 11) is 0. The van der Waals surface area contributed by atoms with Gasteiger partial charge in [0.05, 0.1) is 6.04 Å². The predicted molar refractivity (Wildman–Crippen MR) is 87.5 cm³/mol. The second-order valence-electron chi connectivity index (χ2n) is 5.61. The SMILES string of the molecule is CCc1oc2ccccc2c1C(N)c1ccc(C)c(C)c1. The van der Waals surface area contributed by atoms with Crippen LogP contribution in [0.3, 0.4) is 0 Å². The molecule has 0 spiro atoms. The van der Waals surface area contributed by atoms with Crippen LogP contribution < -0.4 is 5.73 Å². The van der Waals surface area contributed by atoms with Crippen molar-refractivity contribution in [3.05, 3.63) is 70.5 Å². The average Bonchev–Trinajstić information content (AvgIpc) is 2.87. The molecule has 1 unspecified atom stereocenters. The Hall–Kier alpha value is -2.06. The Morgan fingerprint density at radius 2 is 1.81 bits per heavy atom. The van der Waals surface area contributed by atoms with Crippen LogP contribution in [-0.4, -0.2) is 0 Å². The summed E-state index contributed by atoms with van der Waals surface area (Å²) in [5.74, 6) is 0.988. The van der Waals surface area contributed by atoms with E-state index in [1.54, 1.807) is 0 Å². The molecule has 2 aromatic carbocycles. The molecule has 0 aliphatic carbocycles. The van der Waals surface area contributed by atoms with Crippen molar-refractivity contribution in [2.24, 2.45) is 5.73 Å². The highest BCUT2D eigenvalue weighted by atomic mass is 16.3. The number of hydrogen-bond donors (Lipinski definition) is 1. The number of benzene rings is 2. The molecule has 1 atom stereocenters. The minimum atomic E-state index is -0.150. The van der Waals surface area contributed by atoms with Gasteiger partial charge in [0.25, 0.3) is 0 Å². The van der Waals surface area contributed by atoms with Crippen LogP contribution >= 0.6 is 0 Å². The summed E-state index contributed by atoms with van der Waals surface area (Å²) >= 11 is 0. The lowest BCUT2D eigenvalue weighted by Crippen LogP contribution is -2.13. The Morgan fingerprint density at radius 3 is 2.52 bits per heavy atom. The van der Waals surface area contributed by atoms with E-state index in [-0.39, 0.29) is 6.04 Å². The van der Waals surface area contributed by atoms with Gasteiger partial charge in [-0.25, -0.2) is 0 Å². The van der Waals surface area contributed by atoms with Crippen molar-refractivity contribution in [3.63, 3.8) is 0 Å². The summed E-state index contributed by atoms with van der Waals surface area (Å²) < 4.78 is 5.96. The number of para-hydroxylation sites is 1. The molecule has 3 rings (SSSR count). The molecule has 2 N–H and O–H groups in total. The van der Waals surface area contributed by atoms with Crippen molar-refractivity contribution in [3.8, 4) is 0 Å². The molecule has 0 radical (unpaired) electrons. The summed E-state index contributed by atoms with van der Waals surface area (Å²) in [6.45, 7) is 6.35. The Kier molecular flexibility index (Phi) is 3.56. The monoisotopic (exact) mass is 279 g/mol.